The van der Waals surface area contributed by atoms with Crippen molar-refractivity contribution >= 4 is 17.4 Å². The molecule has 3 heterocycles. The largest absolute Gasteiger partial charge is 0.481 e. The normalized spacial score (nSPS) is 25.8. The van der Waals surface area contributed by atoms with E-state index >= 15 is 0 Å². The summed E-state index contributed by atoms with van der Waals surface area (Å²) in [5, 5.41) is 21.9. The molecule has 2 atom stereocenters. The summed E-state index contributed by atoms with van der Waals surface area (Å²) in [4.78, 5) is 12.8. The van der Waals surface area contributed by atoms with Gasteiger partial charge in [-0.25, -0.2) is 0 Å². The van der Waals surface area contributed by atoms with Crippen molar-refractivity contribution in [2.45, 2.75) is 19.3 Å². The lowest BCUT2D eigenvalue weighted by Gasteiger charge is -2.37. The van der Waals surface area contributed by atoms with Crippen molar-refractivity contribution in [1.82, 2.24) is 19.8 Å². The molecular weight excluding hydrogens is 258 g/mol. The Hall–Kier alpha value is -2.18. The number of hydrogen-bond acceptors (Lipinski definition) is 5. The summed E-state index contributed by atoms with van der Waals surface area (Å²) in [7, 11) is 0. The third-order valence-corrected chi connectivity index (χ3v) is 4.27. The lowest BCUT2D eigenvalue weighted by atomic mass is 10.0. The highest BCUT2D eigenvalue weighted by atomic mass is 16.4. The highest BCUT2D eigenvalue weighted by molar-refractivity contribution is 5.74. The molecule has 20 heavy (non-hydrogen) atoms. The van der Waals surface area contributed by atoms with Gasteiger partial charge < -0.3 is 10.0 Å². The lowest BCUT2D eigenvalue weighted by Crippen LogP contribution is -2.50. The summed E-state index contributed by atoms with van der Waals surface area (Å²) in [6.45, 7) is 3.23. The number of fused-ring (bicyclic) bond motifs is 1. The second kappa shape index (κ2) is 3.91. The first-order valence-corrected chi connectivity index (χ1v) is 6.83. The molecule has 2 aromatic rings. The molecule has 2 unspecified atom stereocenters. The van der Waals surface area contributed by atoms with E-state index in [2.05, 4.69) is 22.2 Å². The Bertz CT molecular complexity index is 691. The molecule has 1 N–H and O–H groups in total. The van der Waals surface area contributed by atoms with Crippen LogP contribution in [0.3, 0.4) is 0 Å². The van der Waals surface area contributed by atoms with Gasteiger partial charge in [0.25, 0.3) is 0 Å². The molecule has 1 aliphatic carbocycles. The maximum Gasteiger partial charge on any atom is 0.310 e. The smallest absolute Gasteiger partial charge is 0.310 e. The molecule has 0 aromatic carbocycles. The summed E-state index contributed by atoms with van der Waals surface area (Å²) in [5.41, 5.74) is 0.748. The van der Waals surface area contributed by atoms with Crippen LogP contribution in [-0.2, 0) is 4.79 Å². The second-order valence-corrected chi connectivity index (χ2v) is 5.78. The summed E-state index contributed by atoms with van der Waals surface area (Å²) in [5.74, 6) is 1.80. The Morgan fingerprint density at radius 1 is 1.35 bits per heavy atom. The van der Waals surface area contributed by atoms with Gasteiger partial charge in [-0.2, -0.15) is 4.52 Å². The number of carboxylic acids is 1. The molecule has 0 spiro atoms. The summed E-state index contributed by atoms with van der Waals surface area (Å²) in [6.07, 6.45) is 1.14. The van der Waals surface area contributed by atoms with Crippen LogP contribution in [0.4, 0.5) is 5.82 Å². The molecule has 2 aliphatic rings. The van der Waals surface area contributed by atoms with E-state index in [0.29, 0.717) is 24.9 Å². The topological polar surface area (TPSA) is 83.6 Å². The first-order valence-electron chi connectivity index (χ1n) is 6.83. The van der Waals surface area contributed by atoms with Crippen LogP contribution in [0.2, 0.25) is 0 Å². The van der Waals surface area contributed by atoms with Crippen LogP contribution in [-0.4, -0.2) is 44.0 Å². The Balaban J connectivity index is 1.63. The van der Waals surface area contributed by atoms with Crippen LogP contribution < -0.4 is 4.90 Å². The minimum absolute atomic E-state index is 0.281. The molecular formula is C13H15N5O2. The van der Waals surface area contributed by atoms with E-state index in [9.17, 15) is 4.79 Å². The third-order valence-electron chi connectivity index (χ3n) is 4.27. The number of carbonyl (C=O) groups is 1. The van der Waals surface area contributed by atoms with Crippen molar-refractivity contribution in [1.29, 1.82) is 0 Å². The first kappa shape index (κ1) is 11.6. The summed E-state index contributed by atoms with van der Waals surface area (Å²) < 4.78 is 1.80. The van der Waals surface area contributed by atoms with E-state index < -0.39 is 5.97 Å². The fourth-order valence-corrected chi connectivity index (χ4v) is 2.70. The Kier molecular flexibility index (Phi) is 2.27. The van der Waals surface area contributed by atoms with Gasteiger partial charge in [0.15, 0.2) is 11.5 Å². The van der Waals surface area contributed by atoms with E-state index in [4.69, 9.17) is 5.11 Å². The zero-order valence-corrected chi connectivity index (χ0v) is 11.1. The predicted molar refractivity (Wildman–Crippen MR) is 70.6 cm³/mol. The molecule has 0 radical (unpaired) electrons. The monoisotopic (exact) mass is 273 g/mol. The van der Waals surface area contributed by atoms with Gasteiger partial charge in [-0.05, 0) is 24.5 Å². The zero-order chi connectivity index (χ0) is 13.9. The van der Waals surface area contributed by atoms with Crippen molar-refractivity contribution < 1.29 is 9.90 Å². The van der Waals surface area contributed by atoms with Gasteiger partial charge in [-0.3, -0.25) is 4.79 Å². The molecule has 1 saturated carbocycles. The average molecular weight is 273 g/mol. The van der Waals surface area contributed by atoms with Crippen molar-refractivity contribution in [3.8, 4) is 0 Å². The minimum atomic E-state index is -0.737. The highest BCUT2D eigenvalue weighted by Crippen LogP contribution is 2.45. The predicted octanol–water partition coefficient (Wildman–Crippen LogP) is 0.768. The second-order valence-electron chi connectivity index (χ2n) is 5.78. The first-order chi connectivity index (χ1) is 9.63. The Morgan fingerprint density at radius 2 is 2.10 bits per heavy atom. The van der Waals surface area contributed by atoms with Crippen LogP contribution in [0.15, 0.2) is 12.1 Å². The van der Waals surface area contributed by atoms with Crippen LogP contribution in [0.1, 0.15) is 25.1 Å². The van der Waals surface area contributed by atoms with Gasteiger partial charge in [0, 0.05) is 19.0 Å². The van der Waals surface area contributed by atoms with E-state index in [1.54, 1.807) is 4.52 Å². The van der Waals surface area contributed by atoms with E-state index in [-0.39, 0.29) is 5.92 Å². The number of nitrogens with zero attached hydrogens (tertiary/aromatic N) is 5. The van der Waals surface area contributed by atoms with Crippen LogP contribution >= 0.6 is 0 Å². The average Bonchev–Trinajstić information content (AvgIpc) is 2.93. The molecule has 1 aliphatic heterocycles. The van der Waals surface area contributed by atoms with E-state index in [1.807, 2.05) is 17.0 Å². The number of rotatable bonds is 3. The molecule has 0 bridgehead atoms. The lowest BCUT2D eigenvalue weighted by molar-refractivity contribution is -0.142. The summed E-state index contributed by atoms with van der Waals surface area (Å²) in [6, 6.07) is 3.77. The van der Waals surface area contributed by atoms with Crippen molar-refractivity contribution in [2.24, 2.45) is 11.8 Å². The fourth-order valence-electron chi connectivity index (χ4n) is 2.70. The number of anilines is 1. The van der Waals surface area contributed by atoms with Gasteiger partial charge in [-0.15, -0.1) is 15.3 Å². The Morgan fingerprint density at radius 3 is 2.75 bits per heavy atom. The van der Waals surface area contributed by atoms with Gasteiger partial charge in [-0.1, -0.05) is 6.92 Å². The highest BCUT2D eigenvalue weighted by Gasteiger charge is 2.39. The molecule has 2 aromatic heterocycles. The summed E-state index contributed by atoms with van der Waals surface area (Å²) >= 11 is 0. The molecule has 0 amide bonds. The number of aromatic nitrogens is 4. The molecule has 4 rings (SSSR count). The molecule has 104 valence electrons. The number of hydrogen-bond donors (Lipinski definition) is 1. The van der Waals surface area contributed by atoms with Crippen LogP contribution in [0, 0.1) is 11.8 Å². The van der Waals surface area contributed by atoms with Crippen molar-refractivity contribution in [2.75, 3.05) is 18.0 Å². The SMILES string of the molecule is CC1CC1c1nnc2ccc(N3CC(C(=O)O)C3)nn12. The number of carboxylic acid groups (broad SMARTS) is 1. The van der Waals surface area contributed by atoms with Crippen LogP contribution in [0.25, 0.3) is 5.65 Å². The Labute approximate surface area is 115 Å². The van der Waals surface area contributed by atoms with E-state index in [0.717, 1.165) is 23.7 Å². The fraction of sp³-hybridized carbons (Fsp3) is 0.538. The van der Waals surface area contributed by atoms with Crippen LogP contribution in [0.5, 0.6) is 0 Å². The van der Waals surface area contributed by atoms with Gasteiger partial charge in [0.1, 0.15) is 5.82 Å². The number of aliphatic carboxylic acids is 1. The molecule has 1 saturated heterocycles. The van der Waals surface area contributed by atoms with Gasteiger partial charge in [0.05, 0.1) is 5.92 Å². The maximum absolute atomic E-state index is 10.8. The van der Waals surface area contributed by atoms with Gasteiger partial charge in [0.2, 0.25) is 0 Å². The maximum atomic E-state index is 10.8. The molecule has 7 nitrogen and oxygen atoms in total. The molecule has 2 fully saturated rings. The van der Waals surface area contributed by atoms with Crippen molar-refractivity contribution in [3.63, 3.8) is 0 Å². The van der Waals surface area contributed by atoms with Gasteiger partial charge >= 0.3 is 5.97 Å². The molecule has 7 heteroatoms. The van der Waals surface area contributed by atoms with Crippen molar-refractivity contribution in [3.05, 3.63) is 18.0 Å². The third kappa shape index (κ3) is 1.65. The quantitative estimate of drug-likeness (QED) is 0.889. The standard InChI is InChI=1S/C13H15N5O2/c1-7-4-9(7)12-15-14-10-2-3-11(16-18(10)12)17-5-8(6-17)13(19)20/h2-3,7-9H,4-6H2,1H3,(H,19,20). The minimum Gasteiger partial charge on any atom is -0.481 e. The van der Waals surface area contributed by atoms with E-state index in [1.165, 1.54) is 0 Å². The zero-order valence-electron chi connectivity index (χ0n) is 11.1.